The molecule has 0 aliphatic carbocycles. The van der Waals surface area contributed by atoms with Gasteiger partial charge in [0.25, 0.3) is 11.2 Å². The number of nitro groups is 1. The molecule has 0 radical (unpaired) electrons. The van der Waals surface area contributed by atoms with Crippen molar-refractivity contribution in [1.82, 2.24) is 14.4 Å². The van der Waals surface area contributed by atoms with Crippen LogP contribution >= 0.6 is 27.3 Å². The molecule has 8 nitrogen and oxygen atoms in total. The minimum atomic E-state index is -0.457. The molecule has 0 bridgehead atoms. The van der Waals surface area contributed by atoms with Gasteiger partial charge in [-0.2, -0.15) is 0 Å². The topological polar surface area (TPSA) is 104 Å². The van der Waals surface area contributed by atoms with Crippen LogP contribution in [0.3, 0.4) is 0 Å². The zero-order valence-corrected chi connectivity index (χ0v) is 16.8. The van der Waals surface area contributed by atoms with E-state index in [4.69, 9.17) is 4.42 Å². The first-order chi connectivity index (χ1) is 14.0. The van der Waals surface area contributed by atoms with E-state index in [2.05, 4.69) is 25.9 Å². The number of furan rings is 1. The summed E-state index contributed by atoms with van der Waals surface area (Å²) in [6.07, 6.45) is 3.25. The monoisotopic (exact) mass is 468 g/mol. The molecule has 29 heavy (non-hydrogen) atoms. The van der Waals surface area contributed by atoms with E-state index in [9.17, 15) is 14.9 Å². The van der Waals surface area contributed by atoms with Crippen molar-refractivity contribution in [3.05, 3.63) is 83.9 Å². The Morgan fingerprint density at radius 3 is 2.93 bits per heavy atom. The van der Waals surface area contributed by atoms with E-state index < -0.39 is 4.92 Å². The molecular formula is C19H9BrN4O4S. The first kappa shape index (κ1) is 17.7. The SMILES string of the molecule is O=c1c(=Cc2ccc(-c3cccc([N+](=O)[O-])c3)o2)sc2nc3cc(Br)cnc3n12. The van der Waals surface area contributed by atoms with Crippen LogP contribution in [0.15, 0.2) is 62.3 Å². The summed E-state index contributed by atoms with van der Waals surface area (Å²) in [6.45, 7) is 0. The fourth-order valence-corrected chi connectivity index (χ4v) is 4.28. The number of nitrogens with zero attached hydrogens (tertiary/aromatic N) is 4. The highest BCUT2D eigenvalue weighted by Gasteiger charge is 2.14. The number of imidazole rings is 1. The standard InChI is InChI=1S/C19H9BrN4O4S/c20-11-7-14-17(21-9-11)23-18(25)16(29-19(23)22-14)8-13-4-5-15(28-13)10-2-1-3-12(6-10)24(26)27/h1-9H. The number of pyridine rings is 1. The molecular weight excluding hydrogens is 460 g/mol. The van der Waals surface area contributed by atoms with Crippen LogP contribution in [0.4, 0.5) is 5.69 Å². The lowest BCUT2D eigenvalue weighted by Crippen LogP contribution is -2.22. The van der Waals surface area contributed by atoms with Crippen LogP contribution in [0.1, 0.15) is 5.76 Å². The third-order valence-electron chi connectivity index (χ3n) is 4.29. The van der Waals surface area contributed by atoms with E-state index in [1.165, 1.54) is 27.9 Å². The van der Waals surface area contributed by atoms with Gasteiger partial charge in [-0.05, 0) is 34.1 Å². The lowest BCUT2D eigenvalue weighted by Gasteiger charge is -1.96. The van der Waals surface area contributed by atoms with Gasteiger partial charge in [-0.15, -0.1) is 0 Å². The summed E-state index contributed by atoms with van der Waals surface area (Å²) in [5, 5.41) is 11.0. The molecule has 0 N–H and O–H groups in total. The predicted molar refractivity (Wildman–Crippen MR) is 112 cm³/mol. The van der Waals surface area contributed by atoms with Crippen LogP contribution in [0, 0.1) is 10.1 Å². The largest absolute Gasteiger partial charge is 0.457 e. The van der Waals surface area contributed by atoms with E-state index in [1.54, 1.807) is 36.5 Å². The average Bonchev–Trinajstić information content (AvgIpc) is 3.38. The smallest absolute Gasteiger partial charge is 0.276 e. The molecule has 4 aromatic heterocycles. The zero-order valence-electron chi connectivity index (χ0n) is 14.4. The summed E-state index contributed by atoms with van der Waals surface area (Å²) in [6, 6.07) is 11.4. The first-order valence-electron chi connectivity index (χ1n) is 8.32. The summed E-state index contributed by atoms with van der Waals surface area (Å²) < 4.78 is 8.50. The number of thiazole rings is 1. The van der Waals surface area contributed by atoms with Gasteiger partial charge in [-0.25, -0.2) is 14.4 Å². The van der Waals surface area contributed by atoms with Crippen LogP contribution in [0.5, 0.6) is 0 Å². The Labute approximate surface area is 174 Å². The molecule has 1 aromatic carbocycles. The Bertz CT molecular complexity index is 1540. The van der Waals surface area contributed by atoms with E-state index in [-0.39, 0.29) is 11.2 Å². The van der Waals surface area contributed by atoms with Crippen molar-refractivity contribution in [3.8, 4) is 11.3 Å². The number of fused-ring (bicyclic) bond motifs is 3. The van der Waals surface area contributed by atoms with Crippen LogP contribution in [-0.4, -0.2) is 19.3 Å². The van der Waals surface area contributed by atoms with Crippen LogP contribution < -0.4 is 10.1 Å². The van der Waals surface area contributed by atoms with E-state index >= 15 is 0 Å². The molecule has 0 spiro atoms. The number of hydrogen-bond acceptors (Lipinski definition) is 7. The number of hydrogen-bond donors (Lipinski definition) is 0. The number of nitro benzene ring substituents is 1. The van der Waals surface area contributed by atoms with E-state index in [0.717, 1.165) is 4.47 Å². The molecule has 0 saturated carbocycles. The summed E-state index contributed by atoms with van der Waals surface area (Å²) in [7, 11) is 0. The molecule has 0 saturated heterocycles. The maximum Gasteiger partial charge on any atom is 0.276 e. The predicted octanol–water partition coefficient (Wildman–Crippen LogP) is 3.78. The van der Waals surface area contributed by atoms with Gasteiger partial charge in [-0.1, -0.05) is 23.5 Å². The van der Waals surface area contributed by atoms with E-state index in [0.29, 0.717) is 37.7 Å². The molecule has 142 valence electrons. The maximum absolute atomic E-state index is 12.8. The summed E-state index contributed by atoms with van der Waals surface area (Å²) in [5.74, 6) is 0.943. The molecule has 0 aliphatic heterocycles. The van der Waals surface area contributed by atoms with Crippen molar-refractivity contribution < 1.29 is 9.34 Å². The second kappa shape index (κ2) is 6.61. The zero-order chi connectivity index (χ0) is 20.1. The van der Waals surface area contributed by atoms with Crippen LogP contribution in [-0.2, 0) is 0 Å². The lowest BCUT2D eigenvalue weighted by atomic mass is 10.1. The Morgan fingerprint density at radius 2 is 2.10 bits per heavy atom. The molecule has 5 rings (SSSR count). The minimum Gasteiger partial charge on any atom is -0.457 e. The highest BCUT2D eigenvalue weighted by atomic mass is 79.9. The Hall–Kier alpha value is -3.37. The normalized spacial score (nSPS) is 12.2. The second-order valence-corrected chi connectivity index (χ2v) is 8.08. The van der Waals surface area contributed by atoms with Crippen LogP contribution in [0.2, 0.25) is 0 Å². The number of halogens is 1. The van der Waals surface area contributed by atoms with Gasteiger partial charge in [0.1, 0.15) is 21.6 Å². The van der Waals surface area contributed by atoms with Crippen molar-refractivity contribution in [3.63, 3.8) is 0 Å². The van der Waals surface area contributed by atoms with Gasteiger partial charge in [0, 0.05) is 34.4 Å². The molecule has 0 atom stereocenters. The third-order valence-corrected chi connectivity index (χ3v) is 5.69. The van der Waals surface area contributed by atoms with Crippen molar-refractivity contribution >= 4 is 55.2 Å². The fourth-order valence-electron chi connectivity index (χ4n) is 3.00. The van der Waals surface area contributed by atoms with Gasteiger partial charge < -0.3 is 4.42 Å². The molecule has 5 aromatic rings. The number of benzene rings is 1. The van der Waals surface area contributed by atoms with Crippen molar-refractivity contribution in [1.29, 1.82) is 0 Å². The molecule has 4 heterocycles. The molecule has 10 heteroatoms. The summed E-state index contributed by atoms with van der Waals surface area (Å²) in [4.78, 5) is 32.6. The molecule has 0 amide bonds. The van der Waals surface area contributed by atoms with Crippen molar-refractivity contribution in [2.24, 2.45) is 0 Å². The quantitative estimate of drug-likeness (QED) is 0.294. The second-order valence-electron chi connectivity index (χ2n) is 6.15. The Balaban J connectivity index is 1.59. The molecule has 0 fully saturated rings. The van der Waals surface area contributed by atoms with E-state index in [1.807, 2.05) is 6.07 Å². The highest BCUT2D eigenvalue weighted by molar-refractivity contribution is 9.10. The van der Waals surface area contributed by atoms with Crippen molar-refractivity contribution in [2.75, 3.05) is 0 Å². The van der Waals surface area contributed by atoms with Crippen LogP contribution in [0.25, 0.3) is 33.5 Å². The Morgan fingerprint density at radius 1 is 1.24 bits per heavy atom. The van der Waals surface area contributed by atoms with Crippen molar-refractivity contribution in [2.45, 2.75) is 0 Å². The minimum absolute atomic E-state index is 0.0169. The number of aromatic nitrogens is 3. The molecule has 0 aliphatic rings. The Kier molecular flexibility index (Phi) is 4.03. The van der Waals surface area contributed by atoms with Gasteiger partial charge in [0.05, 0.1) is 4.92 Å². The molecule has 0 unspecified atom stereocenters. The van der Waals surface area contributed by atoms with Gasteiger partial charge in [0.15, 0.2) is 10.6 Å². The fraction of sp³-hybridized carbons (Fsp3) is 0. The number of non-ortho nitro benzene ring substituents is 1. The lowest BCUT2D eigenvalue weighted by molar-refractivity contribution is -0.384. The summed E-state index contributed by atoms with van der Waals surface area (Å²) in [5.41, 5.74) is 1.48. The maximum atomic E-state index is 12.8. The highest BCUT2D eigenvalue weighted by Crippen LogP contribution is 2.26. The third kappa shape index (κ3) is 3.02. The van der Waals surface area contributed by atoms with Gasteiger partial charge in [0.2, 0.25) is 0 Å². The first-order valence-corrected chi connectivity index (χ1v) is 9.93. The van der Waals surface area contributed by atoms with Gasteiger partial charge >= 0.3 is 0 Å². The van der Waals surface area contributed by atoms with Gasteiger partial charge in [-0.3, -0.25) is 14.9 Å². The number of rotatable bonds is 3. The average molecular weight is 469 g/mol. The summed E-state index contributed by atoms with van der Waals surface area (Å²) >= 11 is 4.59.